The van der Waals surface area contributed by atoms with Gasteiger partial charge in [-0.05, 0) is 55.2 Å². The van der Waals surface area contributed by atoms with Crippen molar-refractivity contribution in [2.75, 3.05) is 6.61 Å². The molecule has 0 saturated carbocycles. The van der Waals surface area contributed by atoms with Gasteiger partial charge in [0.05, 0.1) is 25.1 Å². The third-order valence-electron chi connectivity index (χ3n) is 7.95. The number of hydrogen-bond donors (Lipinski definition) is 3. The number of fused-ring (bicyclic) bond motifs is 1. The summed E-state index contributed by atoms with van der Waals surface area (Å²) in [6.45, 7) is 9.79. The van der Waals surface area contributed by atoms with E-state index in [9.17, 15) is 21.9 Å². The van der Waals surface area contributed by atoms with Crippen molar-refractivity contribution in [3.05, 3.63) is 101 Å². The SMILES string of the molecule is C=C(/C=C\C=C(/C)OS(=O)(=O)F)[C@@H](c1cccc(C(=O)N[C@H]2CCOc3ccccc32)c1)N1C(=N)NC(CC)(CC)CC1=O. The quantitative estimate of drug-likeness (QED) is 0.169. The summed E-state index contributed by atoms with van der Waals surface area (Å²) >= 11 is 0. The van der Waals surface area contributed by atoms with Crippen LogP contribution in [-0.4, -0.2) is 43.2 Å². The molecule has 0 bridgehead atoms. The van der Waals surface area contributed by atoms with Gasteiger partial charge in [0.2, 0.25) is 5.91 Å². The topological polar surface area (TPSA) is 138 Å². The van der Waals surface area contributed by atoms with Gasteiger partial charge < -0.3 is 19.6 Å². The second-order valence-corrected chi connectivity index (χ2v) is 11.8. The molecule has 0 radical (unpaired) electrons. The normalized spacial score (nSPS) is 19.0. The van der Waals surface area contributed by atoms with Crippen LogP contribution < -0.4 is 15.4 Å². The molecule has 0 aliphatic carbocycles. The number of ether oxygens (including phenoxy) is 1. The lowest BCUT2D eigenvalue weighted by Gasteiger charge is -2.45. The molecule has 2 aromatic rings. The summed E-state index contributed by atoms with van der Waals surface area (Å²) in [5.74, 6) is -0.197. The van der Waals surface area contributed by atoms with Crippen LogP contribution in [0.1, 0.15) is 80.0 Å². The zero-order valence-electron chi connectivity index (χ0n) is 24.9. The summed E-state index contributed by atoms with van der Waals surface area (Å²) in [6.07, 6.45) is 6.19. The molecular weight excluding hydrogens is 587 g/mol. The Balaban J connectivity index is 1.66. The van der Waals surface area contributed by atoms with Gasteiger partial charge >= 0.3 is 10.5 Å². The highest BCUT2D eigenvalue weighted by Gasteiger charge is 2.42. The molecule has 2 atom stereocenters. The van der Waals surface area contributed by atoms with Crippen molar-refractivity contribution in [1.82, 2.24) is 15.5 Å². The molecule has 2 amide bonds. The fourth-order valence-corrected chi connectivity index (χ4v) is 5.87. The second-order valence-electron chi connectivity index (χ2n) is 10.8. The first-order valence-electron chi connectivity index (χ1n) is 14.4. The van der Waals surface area contributed by atoms with E-state index in [4.69, 9.17) is 10.1 Å². The molecular formula is C32H37FN4O6S. The molecule has 2 aliphatic rings. The number of halogens is 1. The van der Waals surface area contributed by atoms with Crippen LogP contribution in [0, 0.1) is 5.41 Å². The minimum Gasteiger partial charge on any atom is -0.493 e. The number of allylic oxidation sites excluding steroid dienone is 3. The highest BCUT2D eigenvalue weighted by molar-refractivity contribution is 7.81. The number of guanidine groups is 1. The monoisotopic (exact) mass is 624 g/mol. The number of nitrogens with one attached hydrogen (secondary N) is 3. The van der Waals surface area contributed by atoms with Gasteiger partial charge in [0.25, 0.3) is 5.91 Å². The number of hydrogen-bond acceptors (Lipinski definition) is 7. The fraction of sp³-hybridized carbons (Fsp3) is 0.344. The minimum absolute atomic E-state index is 0.100. The zero-order valence-corrected chi connectivity index (χ0v) is 25.7. The van der Waals surface area contributed by atoms with E-state index in [0.717, 1.165) is 11.3 Å². The van der Waals surface area contributed by atoms with Crippen molar-refractivity contribution in [2.45, 2.75) is 64.1 Å². The molecule has 2 aromatic carbocycles. The van der Waals surface area contributed by atoms with Crippen LogP contribution in [-0.2, 0) is 19.5 Å². The number of carbonyl (C=O) groups excluding carboxylic acids is 2. The van der Waals surface area contributed by atoms with E-state index in [1.165, 1.54) is 30.1 Å². The van der Waals surface area contributed by atoms with E-state index in [0.29, 0.717) is 42.6 Å². The maximum absolute atomic E-state index is 13.6. The van der Waals surface area contributed by atoms with Gasteiger partial charge in [0.1, 0.15) is 11.5 Å². The van der Waals surface area contributed by atoms with Crippen LogP contribution >= 0.6 is 0 Å². The van der Waals surface area contributed by atoms with E-state index in [1.54, 1.807) is 24.3 Å². The maximum atomic E-state index is 13.6. The van der Waals surface area contributed by atoms with Gasteiger partial charge in [-0.2, -0.15) is 8.42 Å². The second kappa shape index (κ2) is 13.5. The highest BCUT2D eigenvalue weighted by atomic mass is 32.3. The lowest BCUT2D eigenvalue weighted by Crippen LogP contribution is -2.62. The Morgan fingerprint density at radius 3 is 2.68 bits per heavy atom. The predicted octanol–water partition coefficient (Wildman–Crippen LogP) is 5.54. The average molecular weight is 625 g/mol. The van der Waals surface area contributed by atoms with Gasteiger partial charge in [-0.1, -0.05) is 66.8 Å². The zero-order chi connectivity index (χ0) is 32.1. The average Bonchev–Trinajstić information content (AvgIpc) is 2.98. The van der Waals surface area contributed by atoms with Crippen molar-refractivity contribution >= 4 is 28.3 Å². The molecule has 234 valence electrons. The summed E-state index contributed by atoms with van der Waals surface area (Å²) in [5, 5.41) is 15.1. The van der Waals surface area contributed by atoms with Crippen LogP contribution in [0.2, 0.25) is 0 Å². The molecule has 44 heavy (non-hydrogen) atoms. The molecule has 1 fully saturated rings. The molecule has 10 nitrogen and oxygen atoms in total. The van der Waals surface area contributed by atoms with Gasteiger partial charge in [-0.25, -0.2) is 0 Å². The van der Waals surface area contributed by atoms with Crippen LogP contribution in [0.4, 0.5) is 3.89 Å². The van der Waals surface area contributed by atoms with Gasteiger partial charge in [0, 0.05) is 23.1 Å². The van der Waals surface area contributed by atoms with Gasteiger partial charge in [-0.15, -0.1) is 0 Å². The van der Waals surface area contributed by atoms with Crippen LogP contribution in [0.3, 0.4) is 0 Å². The summed E-state index contributed by atoms with van der Waals surface area (Å²) in [5.41, 5.74) is 1.58. The van der Waals surface area contributed by atoms with Crippen LogP contribution in [0.5, 0.6) is 5.75 Å². The predicted molar refractivity (Wildman–Crippen MR) is 165 cm³/mol. The first-order chi connectivity index (χ1) is 20.9. The van der Waals surface area contributed by atoms with E-state index in [-0.39, 0.29) is 36.0 Å². The van der Waals surface area contributed by atoms with Gasteiger partial charge in [0.15, 0.2) is 5.96 Å². The number of benzene rings is 2. The van der Waals surface area contributed by atoms with E-state index < -0.39 is 22.1 Å². The maximum Gasteiger partial charge on any atom is 0.488 e. The van der Waals surface area contributed by atoms with E-state index >= 15 is 0 Å². The molecule has 0 spiro atoms. The third-order valence-corrected chi connectivity index (χ3v) is 8.41. The first kappa shape index (κ1) is 32.5. The Morgan fingerprint density at radius 2 is 2.00 bits per heavy atom. The molecule has 12 heteroatoms. The number of nitrogens with zero attached hydrogens (tertiary/aromatic N) is 1. The minimum atomic E-state index is -5.18. The number of para-hydroxylation sites is 1. The van der Waals surface area contributed by atoms with Crippen LogP contribution in [0.25, 0.3) is 0 Å². The van der Waals surface area contributed by atoms with Crippen molar-refractivity contribution in [3.8, 4) is 5.75 Å². The van der Waals surface area contributed by atoms with E-state index in [2.05, 4.69) is 21.4 Å². The number of rotatable bonds is 11. The van der Waals surface area contributed by atoms with Crippen LogP contribution in [0.15, 0.2) is 84.7 Å². The Labute approximate surface area is 257 Å². The Kier molecular flexibility index (Phi) is 9.93. The molecule has 0 aromatic heterocycles. The Morgan fingerprint density at radius 1 is 1.27 bits per heavy atom. The molecule has 1 saturated heterocycles. The Hall–Kier alpha value is -4.45. The van der Waals surface area contributed by atoms with E-state index in [1.807, 2.05) is 38.1 Å². The largest absolute Gasteiger partial charge is 0.493 e. The molecule has 3 N–H and O–H groups in total. The smallest absolute Gasteiger partial charge is 0.488 e. The first-order valence-corrected chi connectivity index (χ1v) is 15.7. The van der Waals surface area contributed by atoms with Crippen molar-refractivity contribution in [1.29, 1.82) is 5.41 Å². The molecule has 4 rings (SSSR count). The molecule has 0 unspecified atom stereocenters. The summed E-state index contributed by atoms with van der Waals surface area (Å²) in [4.78, 5) is 28.4. The molecule has 2 heterocycles. The number of carbonyl (C=O) groups is 2. The summed E-state index contributed by atoms with van der Waals surface area (Å²) in [7, 11) is -5.18. The summed E-state index contributed by atoms with van der Waals surface area (Å²) in [6, 6.07) is 13.2. The van der Waals surface area contributed by atoms with Crippen molar-refractivity contribution < 1.29 is 30.8 Å². The fourth-order valence-electron chi connectivity index (χ4n) is 5.50. The number of amides is 2. The standard InChI is InChI=1S/C32H37FN4O6S/c1-5-32(6-2)20-28(38)37(31(34)36-32)29(21(3)11-9-12-22(4)43-44(33,40)41)23-13-10-14-24(19-23)30(39)35-26-17-18-42-27-16-8-7-15-25(26)27/h7-16,19,26,29H,3,5-6,17-18,20H2,1-2,4H3,(H2,34,36)(H,35,39)/b11-9-,22-12+/t26-,29-/m0/s1. The lowest BCUT2D eigenvalue weighted by atomic mass is 9.85. The highest BCUT2D eigenvalue weighted by Crippen LogP contribution is 2.36. The lowest BCUT2D eigenvalue weighted by molar-refractivity contribution is -0.132. The summed E-state index contributed by atoms with van der Waals surface area (Å²) < 4.78 is 44.4. The molecule has 2 aliphatic heterocycles. The van der Waals surface area contributed by atoms with Crippen molar-refractivity contribution in [3.63, 3.8) is 0 Å². The van der Waals surface area contributed by atoms with Gasteiger partial charge in [-0.3, -0.25) is 19.9 Å². The van der Waals surface area contributed by atoms with Crippen molar-refractivity contribution in [2.24, 2.45) is 0 Å². The third kappa shape index (κ3) is 7.54. The Bertz CT molecular complexity index is 1600.